The van der Waals surface area contributed by atoms with Gasteiger partial charge < -0.3 is 10.2 Å². The summed E-state index contributed by atoms with van der Waals surface area (Å²) in [5, 5.41) is 3.40. The van der Waals surface area contributed by atoms with Gasteiger partial charge in [-0.25, -0.2) is 0 Å². The van der Waals surface area contributed by atoms with Gasteiger partial charge in [-0.05, 0) is 50.1 Å². The van der Waals surface area contributed by atoms with E-state index in [1.165, 1.54) is 29.8 Å². The summed E-state index contributed by atoms with van der Waals surface area (Å²) < 4.78 is 0. The average Bonchev–Trinajstić information content (AvgIpc) is 2.55. The lowest BCUT2D eigenvalue weighted by atomic mass is 10.0. The first kappa shape index (κ1) is 14.1. The van der Waals surface area contributed by atoms with E-state index in [2.05, 4.69) is 65.4 Å². The molecule has 110 valence electrons. The van der Waals surface area contributed by atoms with Gasteiger partial charge in [-0.1, -0.05) is 25.1 Å². The number of aryl methyl sites for hydroxylation is 1. The molecule has 0 saturated heterocycles. The van der Waals surface area contributed by atoms with Crippen LogP contribution >= 0.6 is 0 Å². The van der Waals surface area contributed by atoms with Gasteiger partial charge in [-0.15, -0.1) is 0 Å². The van der Waals surface area contributed by atoms with Crippen molar-refractivity contribution in [3.05, 3.63) is 53.9 Å². The molecule has 1 aliphatic heterocycles. The first-order valence-electron chi connectivity index (χ1n) is 7.84. The summed E-state index contributed by atoms with van der Waals surface area (Å²) in [5.74, 6) is 0. The Balaban J connectivity index is 1.85. The Bertz CT molecular complexity index is 592. The quantitative estimate of drug-likeness (QED) is 0.923. The van der Waals surface area contributed by atoms with Crippen LogP contribution in [0.25, 0.3) is 0 Å². The molecule has 1 atom stereocenters. The van der Waals surface area contributed by atoms with Crippen LogP contribution in [0.5, 0.6) is 0 Å². The van der Waals surface area contributed by atoms with Gasteiger partial charge >= 0.3 is 0 Å². The highest BCUT2D eigenvalue weighted by atomic mass is 15.1. The molecule has 0 amide bonds. The summed E-state index contributed by atoms with van der Waals surface area (Å²) in [7, 11) is 0. The largest absolute Gasteiger partial charge is 0.340 e. The van der Waals surface area contributed by atoms with Crippen molar-refractivity contribution in [2.75, 3.05) is 18.0 Å². The Kier molecular flexibility index (Phi) is 4.20. The molecule has 1 N–H and O–H groups in total. The highest BCUT2D eigenvalue weighted by molar-refractivity contribution is 5.67. The molecule has 1 aromatic heterocycles. The summed E-state index contributed by atoms with van der Waals surface area (Å²) in [6.45, 7) is 6.31. The van der Waals surface area contributed by atoms with Gasteiger partial charge in [0.05, 0.1) is 17.6 Å². The molecule has 1 aliphatic rings. The van der Waals surface area contributed by atoms with E-state index in [1.807, 2.05) is 6.20 Å². The Hall–Kier alpha value is -1.87. The van der Waals surface area contributed by atoms with Crippen LogP contribution in [0.2, 0.25) is 0 Å². The average molecular weight is 281 g/mol. The number of rotatable bonds is 4. The number of aromatic nitrogens is 1. The maximum Gasteiger partial charge on any atom is 0.0597 e. The first-order valence-corrected chi connectivity index (χ1v) is 7.84. The Morgan fingerprint density at radius 2 is 2.10 bits per heavy atom. The third-order valence-electron chi connectivity index (χ3n) is 4.15. The maximum absolute atomic E-state index is 4.64. The fraction of sp³-hybridized carbons (Fsp3) is 0.389. The maximum atomic E-state index is 4.64. The van der Waals surface area contributed by atoms with E-state index in [4.69, 9.17) is 0 Å². The second-order valence-corrected chi connectivity index (χ2v) is 5.60. The third kappa shape index (κ3) is 2.93. The Morgan fingerprint density at radius 3 is 2.86 bits per heavy atom. The van der Waals surface area contributed by atoms with Crippen molar-refractivity contribution in [2.45, 2.75) is 32.7 Å². The van der Waals surface area contributed by atoms with Gasteiger partial charge in [-0.2, -0.15) is 0 Å². The zero-order chi connectivity index (χ0) is 14.7. The van der Waals surface area contributed by atoms with Crippen LogP contribution in [-0.4, -0.2) is 18.1 Å². The number of nitrogens with one attached hydrogen (secondary N) is 1. The van der Waals surface area contributed by atoms with E-state index in [0.29, 0.717) is 6.04 Å². The number of hydrogen-bond donors (Lipinski definition) is 1. The van der Waals surface area contributed by atoms with Crippen LogP contribution in [0.1, 0.15) is 37.6 Å². The van der Waals surface area contributed by atoms with Crippen molar-refractivity contribution in [1.29, 1.82) is 0 Å². The summed E-state index contributed by atoms with van der Waals surface area (Å²) in [6.07, 6.45) is 4.38. The predicted octanol–water partition coefficient (Wildman–Crippen LogP) is 3.84. The molecule has 0 bridgehead atoms. The molecule has 3 nitrogen and oxygen atoms in total. The van der Waals surface area contributed by atoms with E-state index in [0.717, 1.165) is 18.8 Å². The van der Waals surface area contributed by atoms with Crippen molar-refractivity contribution in [1.82, 2.24) is 10.3 Å². The molecular formula is C18H23N3. The molecule has 0 fully saturated rings. The van der Waals surface area contributed by atoms with E-state index in [-0.39, 0.29) is 0 Å². The molecule has 2 aromatic rings. The lowest BCUT2D eigenvalue weighted by Crippen LogP contribution is -2.25. The summed E-state index contributed by atoms with van der Waals surface area (Å²) in [4.78, 5) is 7.02. The van der Waals surface area contributed by atoms with E-state index < -0.39 is 0 Å². The van der Waals surface area contributed by atoms with Gasteiger partial charge in [0.1, 0.15) is 0 Å². The molecule has 2 heterocycles. The van der Waals surface area contributed by atoms with E-state index in [1.54, 1.807) is 0 Å². The van der Waals surface area contributed by atoms with Crippen molar-refractivity contribution >= 4 is 11.4 Å². The van der Waals surface area contributed by atoms with Crippen molar-refractivity contribution in [2.24, 2.45) is 0 Å². The summed E-state index contributed by atoms with van der Waals surface area (Å²) >= 11 is 0. The standard InChI is InChI=1S/C18H23N3/c1-3-19-14(2)17-11-10-16(13-20-17)21-12-6-8-15-7-4-5-9-18(15)21/h4-5,7,9-11,13-14,19H,3,6,8,12H2,1-2H3. The van der Waals surface area contributed by atoms with Crippen LogP contribution in [0.4, 0.5) is 11.4 Å². The lowest BCUT2D eigenvalue weighted by molar-refractivity contribution is 0.583. The summed E-state index contributed by atoms with van der Waals surface area (Å²) in [6, 6.07) is 13.3. The fourth-order valence-electron chi connectivity index (χ4n) is 3.03. The molecule has 1 unspecified atom stereocenters. The SMILES string of the molecule is CCNC(C)c1ccc(N2CCCc3ccccc32)cn1. The highest BCUT2D eigenvalue weighted by Gasteiger charge is 2.18. The van der Waals surface area contributed by atoms with Crippen molar-refractivity contribution in [3.8, 4) is 0 Å². The number of para-hydroxylation sites is 1. The number of nitrogens with zero attached hydrogens (tertiary/aromatic N) is 2. The predicted molar refractivity (Wildman–Crippen MR) is 88.1 cm³/mol. The fourth-order valence-corrected chi connectivity index (χ4v) is 3.03. The topological polar surface area (TPSA) is 28.2 Å². The molecule has 0 aliphatic carbocycles. The van der Waals surface area contributed by atoms with E-state index >= 15 is 0 Å². The monoisotopic (exact) mass is 281 g/mol. The number of benzene rings is 1. The second kappa shape index (κ2) is 6.27. The number of fused-ring (bicyclic) bond motifs is 1. The minimum Gasteiger partial charge on any atom is -0.340 e. The zero-order valence-electron chi connectivity index (χ0n) is 12.8. The van der Waals surface area contributed by atoms with Crippen LogP contribution in [0, 0.1) is 0 Å². The Morgan fingerprint density at radius 1 is 1.24 bits per heavy atom. The molecule has 0 radical (unpaired) electrons. The number of hydrogen-bond acceptors (Lipinski definition) is 3. The van der Waals surface area contributed by atoms with Crippen molar-refractivity contribution < 1.29 is 0 Å². The van der Waals surface area contributed by atoms with Gasteiger partial charge in [0.2, 0.25) is 0 Å². The normalized spacial score (nSPS) is 15.6. The molecule has 3 rings (SSSR count). The Labute approximate surface area is 127 Å². The minimum atomic E-state index is 0.303. The van der Waals surface area contributed by atoms with Gasteiger partial charge in [0.25, 0.3) is 0 Å². The molecule has 1 aromatic carbocycles. The van der Waals surface area contributed by atoms with Gasteiger partial charge in [0.15, 0.2) is 0 Å². The van der Waals surface area contributed by atoms with Crippen LogP contribution < -0.4 is 10.2 Å². The third-order valence-corrected chi connectivity index (χ3v) is 4.15. The number of anilines is 2. The zero-order valence-corrected chi connectivity index (χ0v) is 12.8. The first-order chi connectivity index (χ1) is 10.3. The number of pyridine rings is 1. The molecule has 21 heavy (non-hydrogen) atoms. The van der Waals surface area contributed by atoms with Crippen molar-refractivity contribution in [3.63, 3.8) is 0 Å². The molecule has 0 spiro atoms. The van der Waals surface area contributed by atoms with Crippen LogP contribution in [0.15, 0.2) is 42.6 Å². The molecular weight excluding hydrogens is 258 g/mol. The van der Waals surface area contributed by atoms with E-state index in [9.17, 15) is 0 Å². The summed E-state index contributed by atoms with van der Waals surface area (Å²) in [5.41, 5.74) is 5.06. The molecule has 3 heteroatoms. The van der Waals surface area contributed by atoms with Gasteiger partial charge in [0, 0.05) is 18.3 Å². The highest BCUT2D eigenvalue weighted by Crippen LogP contribution is 2.33. The lowest BCUT2D eigenvalue weighted by Gasteiger charge is -2.31. The van der Waals surface area contributed by atoms with Crippen LogP contribution in [0.3, 0.4) is 0 Å². The van der Waals surface area contributed by atoms with Crippen LogP contribution in [-0.2, 0) is 6.42 Å². The minimum absolute atomic E-state index is 0.303. The molecule has 0 saturated carbocycles. The smallest absolute Gasteiger partial charge is 0.0597 e. The second-order valence-electron chi connectivity index (χ2n) is 5.60. The van der Waals surface area contributed by atoms with Gasteiger partial charge in [-0.3, -0.25) is 4.98 Å².